The van der Waals surface area contributed by atoms with Crippen LogP contribution in [0.2, 0.25) is 0 Å². The third-order valence-electron chi connectivity index (χ3n) is 5.66. The Balaban J connectivity index is 2.14. The summed E-state index contributed by atoms with van der Waals surface area (Å²) in [5.74, 6) is -0.902. The molecular weight excluding hydrogens is 490 g/mol. The molecule has 1 aliphatic heterocycles. The molecule has 1 aliphatic rings. The fourth-order valence-electron chi connectivity index (χ4n) is 3.64. The van der Waals surface area contributed by atoms with Crippen LogP contribution in [0.25, 0.3) is 0 Å². The fourth-order valence-corrected chi connectivity index (χ4v) is 4.69. The van der Waals surface area contributed by atoms with Crippen LogP contribution in [-0.4, -0.2) is 83.2 Å². The molecule has 1 aromatic rings. The number of hydrogen-bond donors (Lipinski definition) is 0. The van der Waals surface area contributed by atoms with Crippen molar-refractivity contribution in [2.24, 2.45) is 5.41 Å². The van der Waals surface area contributed by atoms with Gasteiger partial charge in [0.15, 0.2) is 6.29 Å². The third kappa shape index (κ3) is 8.81. The number of benzene rings is 1. The summed E-state index contributed by atoms with van der Waals surface area (Å²) in [4.78, 5) is 25.7. The Morgan fingerprint density at radius 3 is 2.28 bits per heavy atom. The zero-order chi connectivity index (χ0) is 27.3. The summed E-state index contributed by atoms with van der Waals surface area (Å²) in [5.41, 5.74) is 0.132. The predicted octanol–water partition coefficient (Wildman–Crippen LogP) is 2.67. The number of esters is 2. The number of likely N-dealkylation sites (N-methyl/N-ethyl adjacent to an activating group) is 1. The molecule has 0 saturated carbocycles. The molecule has 0 amide bonds. The van der Waals surface area contributed by atoms with E-state index in [1.54, 1.807) is 39.8 Å². The van der Waals surface area contributed by atoms with Crippen LogP contribution in [0.1, 0.15) is 46.6 Å². The van der Waals surface area contributed by atoms with Gasteiger partial charge in [-0.3, -0.25) is 13.8 Å². The summed E-state index contributed by atoms with van der Waals surface area (Å²) in [5, 5.41) is 0. The molecule has 5 atom stereocenters. The van der Waals surface area contributed by atoms with Crippen LogP contribution < -0.4 is 0 Å². The van der Waals surface area contributed by atoms with Gasteiger partial charge in [0.25, 0.3) is 10.1 Å². The number of ether oxygens (including phenoxy) is 4. The van der Waals surface area contributed by atoms with Gasteiger partial charge in [0.2, 0.25) is 0 Å². The summed E-state index contributed by atoms with van der Waals surface area (Å²) in [6, 6.07) is 6.05. The van der Waals surface area contributed by atoms with Crippen LogP contribution >= 0.6 is 0 Å². The molecule has 36 heavy (non-hydrogen) atoms. The first-order valence-electron chi connectivity index (χ1n) is 11.9. The summed E-state index contributed by atoms with van der Waals surface area (Å²) in [7, 11) is -0.421. The molecule has 0 aliphatic carbocycles. The molecule has 1 saturated heterocycles. The summed E-state index contributed by atoms with van der Waals surface area (Å²) in [6.07, 6.45) is -2.40. The third-order valence-corrected chi connectivity index (χ3v) is 7.04. The fraction of sp³-hybridized carbons (Fsp3) is 0.680. The highest BCUT2D eigenvalue weighted by Crippen LogP contribution is 2.27. The second-order valence-corrected chi connectivity index (χ2v) is 11.9. The van der Waals surface area contributed by atoms with Gasteiger partial charge in [-0.1, -0.05) is 17.7 Å². The van der Waals surface area contributed by atoms with Crippen molar-refractivity contribution in [2.45, 2.75) is 83.5 Å². The van der Waals surface area contributed by atoms with Crippen LogP contribution in [-0.2, 0) is 42.8 Å². The molecule has 0 N–H and O–H groups in total. The largest absolute Gasteiger partial charge is 0.462 e. The van der Waals surface area contributed by atoms with Crippen molar-refractivity contribution in [2.75, 3.05) is 27.3 Å². The van der Waals surface area contributed by atoms with Gasteiger partial charge in [-0.15, -0.1) is 0 Å². The Bertz CT molecular complexity index is 986. The predicted molar refractivity (Wildman–Crippen MR) is 132 cm³/mol. The average molecular weight is 530 g/mol. The molecule has 0 unspecified atom stereocenters. The van der Waals surface area contributed by atoms with Crippen LogP contribution in [0.4, 0.5) is 0 Å². The lowest BCUT2D eigenvalue weighted by atomic mass is 9.97. The van der Waals surface area contributed by atoms with E-state index in [0.717, 1.165) is 5.56 Å². The second kappa shape index (κ2) is 12.5. The lowest BCUT2D eigenvalue weighted by Crippen LogP contribution is -2.55. The van der Waals surface area contributed by atoms with Crippen LogP contribution in [0.15, 0.2) is 29.2 Å². The molecular formula is C25H39NO9S. The van der Waals surface area contributed by atoms with E-state index in [4.69, 9.17) is 23.1 Å². The molecule has 0 aromatic heterocycles. The number of aryl methyl sites for hydroxylation is 1. The number of carbonyl (C=O) groups excluding carboxylic acids is 2. The van der Waals surface area contributed by atoms with Crippen LogP contribution in [0.5, 0.6) is 0 Å². The van der Waals surface area contributed by atoms with Crippen LogP contribution in [0.3, 0.4) is 0 Å². The number of hydrogen-bond acceptors (Lipinski definition) is 10. The van der Waals surface area contributed by atoms with Gasteiger partial charge in [-0.2, -0.15) is 8.42 Å². The number of nitrogens with zero attached hydrogens (tertiary/aromatic N) is 1. The van der Waals surface area contributed by atoms with Crippen molar-refractivity contribution in [3.8, 4) is 0 Å². The molecule has 1 heterocycles. The molecule has 11 heteroatoms. The molecule has 10 nitrogen and oxygen atoms in total. The molecule has 204 valence electrons. The highest BCUT2D eigenvalue weighted by molar-refractivity contribution is 7.86. The summed E-state index contributed by atoms with van der Waals surface area (Å²) in [6.45, 7) is 9.53. The number of rotatable bonds is 10. The van der Waals surface area contributed by atoms with E-state index in [2.05, 4.69) is 0 Å². The lowest BCUT2D eigenvalue weighted by Gasteiger charge is -2.42. The zero-order valence-electron chi connectivity index (χ0n) is 22.3. The maximum absolute atomic E-state index is 12.9. The van der Waals surface area contributed by atoms with E-state index in [0.29, 0.717) is 6.42 Å². The molecule has 2 rings (SSSR count). The smallest absolute Gasteiger partial charge is 0.311 e. The van der Waals surface area contributed by atoms with E-state index in [1.165, 1.54) is 19.1 Å². The Hall–Kier alpha value is -2.05. The molecule has 0 radical (unpaired) electrons. The van der Waals surface area contributed by atoms with Gasteiger partial charge in [-0.05, 0) is 60.8 Å². The van der Waals surface area contributed by atoms with Gasteiger partial charge in [0.05, 0.1) is 29.1 Å². The highest BCUT2D eigenvalue weighted by atomic mass is 32.2. The standard InChI is InChI=1S/C25H39NO9S/c1-16-9-11-20(12-10-16)36(29,30)35-19(15-32-24(28)25(4,5)6)14-31-22-13-21(26(7)8)23(17(2)33-22)34-18(3)27/h9-12,17,19,21-23H,13-15H2,1-8H3/t17-,19+,21-,22-,23-/m1/s1. The topological polar surface area (TPSA) is 118 Å². The molecule has 1 fully saturated rings. The SMILES string of the molecule is CC(=O)O[C@H]1[C@H](N(C)C)C[C@H](OC[C@@H](COC(=O)C(C)(C)C)OS(=O)(=O)c2ccc(C)cc2)O[C@@H]1C. The maximum Gasteiger partial charge on any atom is 0.311 e. The van der Waals surface area contributed by atoms with E-state index in [1.807, 2.05) is 25.9 Å². The van der Waals surface area contributed by atoms with Gasteiger partial charge in [0, 0.05) is 13.3 Å². The van der Waals surface area contributed by atoms with Gasteiger partial charge in [0.1, 0.15) is 18.8 Å². The summed E-state index contributed by atoms with van der Waals surface area (Å²) < 4.78 is 53.8. The Labute approximate surface area is 214 Å². The Morgan fingerprint density at radius 2 is 1.75 bits per heavy atom. The zero-order valence-corrected chi connectivity index (χ0v) is 23.2. The van der Waals surface area contributed by atoms with Crippen LogP contribution in [0, 0.1) is 12.3 Å². The summed E-state index contributed by atoms with van der Waals surface area (Å²) >= 11 is 0. The van der Waals surface area contributed by atoms with E-state index in [-0.39, 0.29) is 24.2 Å². The highest BCUT2D eigenvalue weighted by Gasteiger charge is 2.41. The normalized spacial score (nSPS) is 23.8. The minimum atomic E-state index is -4.15. The van der Waals surface area contributed by atoms with Crippen molar-refractivity contribution >= 4 is 22.1 Å². The van der Waals surface area contributed by atoms with Gasteiger partial charge < -0.3 is 23.8 Å². The van der Waals surface area contributed by atoms with E-state index in [9.17, 15) is 18.0 Å². The Kier molecular flexibility index (Phi) is 10.4. The van der Waals surface area contributed by atoms with Gasteiger partial charge in [-0.25, -0.2) is 0 Å². The van der Waals surface area contributed by atoms with Gasteiger partial charge >= 0.3 is 11.9 Å². The molecule has 0 spiro atoms. The minimum Gasteiger partial charge on any atom is -0.462 e. The number of carbonyl (C=O) groups is 2. The average Bonchev–Trinajstić information content (AvgIpc) is 2.75. The molecule has 0 bridgehead atoms. The van der Waals surface area contributed by atoms with Crippen molar-refractivity contribution in [3.63, 3.8) is 0 Å². The molecule has 1 aromatic carbocycles. The Morgan fingerprint density at radius 1 is 1.14 bits per heavy atom. The monoisotopic (exact) mass is 529 g/mol. The second-order valence-electron chi connectivity index (χ2n) is 10.3. The lowest BCUT2D eigenvalue weighted by molar-refractivity contribution is -0.245. The van der Waals surface area contributed by atoms with E-state index < -0.39 is 52.1 Å². The van der Waals surface area contributed by atoms with E-state index >= 15 is 0 Å². The quantitative estimate of drug-likeness (QED) is 0.331. The van der Waals surface area contributed by atoms with Crippen molar-refractivity contribution in [3.05, 3.63) is 29.8 Å². The first kappa shape index (κ1) is 30.2. The first-order valence-corrected chi connectivity index (χ1v) is 13.3. The maximum atomic E-state index is 12.9. The van der Waals surface area contributed by atoms with Crippen molar-refractivity contribution in [1.82, 2.24) is 4.90 Å². The first-order chi connectivity index (χ1) is 16.6. The van der Waals surface area contributed by atoms with Crippen molar-refractivity contribution < 1.29 is 41.1 Å². The minimum absolute atomic E-state index is 0.0142. The van der Waals surface area contributed by atoms with Crippen molar-refractivity contribution in [1.29, 1.82) is 0 Å².